The van der Waals surface area contributed by atoms with Crippen LogP contribution in [0.15, 0.2) is 23.2 Å². The fourth-order valence-corrected chi connectivity index (χ4v) is 3.01. The molecule has 2 rings (SSSR count). The molecule has 1 aromatic rings. The smallest absolute Gasteiger partial charge is 0.222 e. The van der Waals surface area contributed by atoms with Gasteiger partial charge in [-0.25, -0.2) is 0 Å². The van der Waals surface area contributed by atoms with Crippen molar-refractivity contribution >= 4 is 59.0 Å². The van der Waals surface area contributed by atoms with Crippen molar-refractivity contribution in [2.75, 3.05) is 39.3 Å². The lowest BCUT2D eigenvalue weighted by atomic mass is 10.3. The van der Waals surface area contributed by atoms with Crippen LogP contribution in [-0.4, -0.2) is 56.1 Å². The van der Waals surface area contributed by atoms with Gasteiger partial charge in [-0.15, -0.1) is 24.0 Å². The molecule has 1 heterocycles. The Kier molecular flexibility index (Phi) is 11.9. The lowest BCUT2D eigenvalue weighted by Gasteiger charge is -2.15. The number of benzene rings is 1. The molecule has 1 aliphatic heterocycles. The van der Waals surface area contributed by atoms with E-state index in [0.29, 0.717) is 41.9 Å². The average Bonchev–Trinajstić information content (AvgIpc) is 3.03. The number of hydrogen-bond donors (Lipinski definition) is 2. The van der Waals surface area contributed by atoms with E-state index in [9.17, 15) is 4.79 Å². The number of nitrogens with one attached hydrogen (secondary N) is 2. The molecule has 0 spiro atoms. The van der Waals surface area contributed by atoms with Gasteiger partial charge < -0.3 is 20.3 Å². The van der Waals surface area contributed by atoms with E-state index in [1.54, 1.807) is 18.2 Å². The van der Waals surface area contributed by atoms with E-state index >= 15 is 0 Å². The molecule has 27 heavy (non-hydrogen) atoms. The molecule has 0 aliphatic carbocycles. The van der Waals surface area contributed by atoms with Crippen LogP contribution >= 0.6 is 47.2 Å². The number of likely N-dealkylation sites (tertiary alicyclic amines) is 1. The molecule has 1 amide bonds. The van der Waals surface area contributed by atoms with Crippen molar-refractivity contribution in [1.29, 1.82) is 0 Å². The van der Waals surface area contributed by atoms with E-state index in [1.165, 1.54) is 0 Å². The van der Waals surface area contributed by atoms with Gasteiger partial charge in [-0.2, -0.15) is 0 Å². The summed E-state index contributed by atoms with van der Waals surface area (Å²) >= 11 is 12.1. The van der Waals surface area contributed by atoms with Gasteiger partial charge in [0.05, 0.1) is 11.6 Å². The van der Waals surface area contributed by atoms with Gasteiger partial charge in [-0.05, 0) is 31.9 Å². The molecular formula is C18H27Cl2IN4O2. The minimum Gasteiger partial charge on any atom is -0.490 e. The maximum atomic E-state index is 11.6. The standard InChI is InChI=1S/C18H26Cl2N4O2.HI/c1-2-21-18(22-9-5-12-24-11-4-8-16(24)25)23-10-13-26-15-7-3-6-14(19)17(15)20;/h3,6-7H,2,4-5,8-13H2,1H3,(H2,21,22,23);1H. The highest BCUT2D eigenvalue weighted by Crippen LogP contribution is 2.31. The fraction of sp³-hybridized carbons (Fsp3) is 0.556. The van der Waals surface area contributed by atoms with E-state index < -0.39 is 0 Å². The summed E-state index contributed by atoms with van der Waals surface area (Å²) in [5.74, 6) is 1.56. The lowest BCUT2D eigenvalue weighted by molar-refractivity contribution is -0.127. The topological polar surface area (TPSA) is 66.0 Å². The highest BCUT2D eigenvalue weighted by Gasteiger charge is 2.18. The highest BCUT2D eigenvalue weighted by atomic mass is 127. The number of ether oxygens (including phenoxy) is 1. The van der Waals surface area contributed by atoms with Gasteiger partial charge in [-0.1, -0.05) is 29.3 Å². The molecule has 0 atom stereocenters. The van der Waals surface area contributed by atoms with Crippen LogP contribution in [0.3, 0.4) is 0 Å². The van der Waals surface area contributed by atoms with E-state index in [-0.39, 0.29) is 29.9 Å². The molecule has 0 radical (unpaired) electrons. The van der Waals surface area contributed by atoms with Gasteiger partial charge in [0, 0.05) is 32.6 Å². The first-order chi connectivity index (χ1) is 12.6. The summed E-state index contributed by atoms with van der Waals surface area (Å²) in [6, 6.07) is 5.31. The van der Waals surface area contributed by atoms with Crippen molar-refractivity contribution in [3.05, 3.63) is 28.2 Å². The average molecular weight is 529 g/mol. The van der Waals surface area contributed by atoms with Gasteiger partial charge in [0.25, 0.3) is 0 Å². The van der Waals surface area contributed by atoms with Gasteiger partial charge in [0.15, 0.2) is 5.96 Å². The lowest BCUT2D eigenvalue weighted by Crippen LogP contribution is -2.39. The molecule has 1 fully saturated rings. The molecule has 152 valence electrons. The molecule has 0 aromatic heterocycles. The second kappa shape index (κ2) is 13.3. The number of carbonyl (C=O) groups excluding carboxylic acids is 1. The zero-order valence-corrected chi connectivity index (χ0v) is 19.3. The Bertz CT molecular complexity index is 631. The molecule has 6 nitrogen and oxygen atoms in total. The van der Waals surface area contributed by atoms with Crippen LogP contribution < -0.4 is 15.4 Å². The molecule has 1 saturated heterocycles. The number of halogens is 3. The minimum absolute atomic E-state index is 0. The molecule has 0 saturated carbocycles. The van der Waals surface area contributed by atoms with Crippen molar-refractivity contribution in [2.45, 2.75) is 26.2 Å². The molecule has 0 unspecified atom stereocenters. The van der Waals surface area contributed by atoms with Crippen LogP contribution in [0, 0.1) is 0 Å². The third-order valence-electron chi connectivity index (χ3n) is 3.94. The van der Waals surface area contributed by atoms with Gasteiger partial charge >= 0.3 is 0 Å². The fourth-order valence-electron chi connectivity index (χ4n) is 2.66. The van der Waals surface area contributed by atoms with Crippen molar-refractivity contribution in [1.82, 2.24) is 15.5 Å². The van der Waals surface area contributed by atoms with Crippen LogP contribution in [0.2, 0.25) is 10.0 Å². The Morgan fingerprint density at radius 1 is 1.33 bits per heavy atom. The van der Waals surface area contributed by atoms with Crippen molar-refractivity contribution in [3.8, 4) is 5.75 Å². The van der Waals surface area contributed by atoms with Gasteiger partial charge in [0.2, 0.25) is 5.91 Å². The molecular weight excluding hydrogens is 502 g/mol. The first-order valence-corrected chi connectivity index (χ1v) is 9.74. The summed E-state index contributed by atoms with van der Waals surface area (Å²) in [4.78, 5) is 18.0. The Hall–Kier alpha value is -0.930. The highest BCUT2D eigenvalue weighted by molar-refractivity contribution is 14.0. The Morgan fingerprint density at radius 3 is 2.85 bits per heavy atom. The zero-order chi connectivity index (χ0) is 18.8. The van der Waals surface area contributed by atoms with Crippen LogP contribution in [0.5, 0.6) is 5.75 Å². The van der Waals surface area contributed by atoms with Gasteiger partial charge in [0.1, 0.15) is 17.4 Å². The largest absolute Gasteiger partial charge is 0.490 e. The second-order valence-corrected chi connectivity index (χ2v) is 6.71. The number of amides is 1. The Balaban J connectivity index is 0.00000364. The van der Waals surface area contributed by atoms with Crippen LogP contribution in [-0.2, 0) is 4.79 Å². The van der Waals surface area contributed by atoms with E-state index in [2.05, 4.69) is 15.6 Å². The number of guanidine groups is 1. The summed E-state index contributed by atoms with van der Waals surface area (Å²) in [6.07, 6.45) is 2.52. The summed E-state index contributed by atoms with van der Waals surface area (Å²) in [5, 5.41) is 7.31. The van der Waals surface area contributed by atoms with Crippen LogP contribution in [0.1, 0.15) is 26.2 Å². The molecule has 0 bridgehead atoms. The first kappa shape index (κ1) is 24.1. The van der Waals surface area contributed by atoms with Crippen LogP contribution in [0.25, 0.3) is 0 Å². The maximum absolute atomic E-state index is 11.6. The number of hydrogen-bond acceptors (Lipinski definition) is 3. The van der Waals surface area contributed by atoms with E-state index in [0.717, 1.165) is 38.4 Å². The predicted molar refractivity (Wildman–Crippen MR) is 122 cm³/mol. The zero-order valence-electron chi connectivity index (χ0n) is 15.5. The van der Waals surface area contributed by atoms with E-state index in [4.69, 9.17) is 27.9 Å². The number of rotatable bonds is 9. The van der Waals surface area contributed by atoms with E-state index in [1.807, 2.05) is 11.8 Å². The first-order valence-electron chi connectivity index (χ1n) is 8.98. The predicted octanol–water partition coefficient (Wildman–Crippen LogP) is 3.56. The van der Waals surface area contributed by atoms with Gasteiger partial charge in [-0.3, -0.25) is 9.79 Å². The summed E-state index contributed by atoms with van der Waals surface area (Å²) in [7, 11) is 0. The number of carbonyl (C=O) groups is 1. The molecule has 9 heteroatoms. The number of aliphatic imine (C=N–C) groups is 1. The molecule has 1 aromatic carbocycles. The summed E-state index contributed by atoms with van der Waals surface area (Å²) < 4.78 is 5.65. The summed E-state index contributed by atoms with van der Waals surface area (Å²) in [6.45, 7) is 6.13. The minimum atomic E-state index is 0. The van der Waals surface area contributed by atoms with Crippen molar-refractivity contribution < 1.29 is 9.53 Å². The SMILES string of the molecule is CCNC(=NCCCN1CCCC1=O)NCCOc1cccc(Cl)c1Cl.I. The maximum Gasteiger partial charge on any atom is 0.222 e. The normalized spacial score (nSPS) is 14.1. The Morgan fingerprint density at radius 2 is 2.15 bits per heavy atom. The molecule has 1 aliphatic rings. The second-order valence-electron chi connectivity index (χ2n) is 5.93. The number of nitrogens with zero attached hydrogens (tertiary/aromatic N) is 2. The third kappa shape index (κ3) is 8.31. The summed E-state index contributed by atoms with van der Waals surface area (Å²) in [5.41, 5.74) is 0. The third-order valence-corrected chi connectivity index (χ3v) is 4.74. The quantitative estimate of drug-likeness (QED) is 0.222. The van der Waals surface area contributed by atoms with Crippen molar-refractivity contribution in [2.24, 2.45) is 4.99 Å². The monoisotopic (exact) mass is 528 g/mol. The van der Waals surface area contributed by atoms with Crippen molar-refractivity contribution in [3.63, 3.8) is 0 Å². The molecule has 2 N–H and O–H groups in total. The van der Waals surface area contributed by atoms with Crippen LogP contribution in [0.4, 0.5) is 0 Å². The Labute approximate surface area is 188 Å².